The normalized spacial score (nSPS) is 17.4. The number of hydrogen-bond donors (Lipinski definition) is 1. The molecule has 0 atom stereocenters. The van der Waals surface area contributed by atoms with Crippen molar-refractivity contribution in [3.8, 4) is 5.69 Å². The Hall–Kier alpha value is -1.65. The van der Waals surface area contributed by atoms with Crippen molar-refractivity contribution in [2.24, 2.45) is 0 Å². The summed E-state index contributed by atoms with van der Waals surface area (Å²) in [5, 5.41) is 8.04. The number of nitrogens with zero attached hydrogens (tertiary/aromatic N) is 3. The summed E-state index contributed by atoms with van der Waals surface area (Å²) in [6.45, 7) is 3.27. The summed E-state index contributed by atoms with van der Waals surface area (Å²) in [6, 6.07) is 13.1. The van der Waals surface area contributed by atoms with Gasteiger partial charge in [-0.1, -0.05) is 18.2 Å². The molecule has 2 heterocycles. The second-order valence-electron chi connectivity index (χ2n) is 5.43. The Morgan fingerprint density at radius 2 is 1.90 bits per heavy atom. The highest BCUT2D eigenvalue weighted by Gasteiger charge is 2.18. The molecular formula is C16H22N4. The van der Waals surface area contributed by atoms with Crippen molar-refractivity contribution < 1.29 is 0 Å². The highest BCUT2D eigenvalue weighted by Crippen LogP contribution is 2.13. The molecule has 0 bridgehead atoms. The van der Waals surface area contributed by atoms with Crippen molar-refractivity contribution >= 4 is 0 Å². The zero-order valence-corrected chi connectivity index (χ0v) is 12.0. The van der Waals surface area contributed by atoms with E-state index in [1.54, 1.807) is 0 Å². The molecule has 1 saturated heterocycles. The number of nitrogens with one attached hydrogen (secondary N) is 1. The van der Waals surface area contributed by atoms with Gasteiger partial charge in [0.1, 0.15) is 0 Å². The number of benzene rings is 1. The van der Waals surface area contributed by atoms with Crippen molar-refractivity contribution in [3.05, 3.63) is 48.3 Å². The molecule has 1 aliphatic heterocycles. The lowest BCUT2D eigenvalue weighted by Gasteiger charge is -2.31. The number of piperidine rings is 1. The van der Waals surface area contributed by atoms with Gasteiger partial charge in [-0.2, -0.15) is 5.10 Å². The van der Waals surface area contributed by atoms with Crippen LogP contribution >= 0.6 is 0 Å². The molecule has 1 fully saturated rings. The Bertz CT molecular complexity index is 526. The minimum Gasteiger partial charge on any atom is -0.317 e. The summed E-state index contributed by atoms with van der Waals surface area (Å²) >= 11 is 0. The van der Waals surface area contributed by atoms with Crippen molar-refractivity contribution in [2.75, 3.05) is 20.1 Å². The summed E-state index contributed by atoms with van der Waals surface area (Å²) < 4.78 is 1.95. The van der Waals surface area contributed by atoms with E-state index in [9.17, 15) is 0 Å². The van der Waals surface area contributed by atoms with Gasteiger partial charge in [0, 0.05) is 31.9 Å². The summed E-state index contributed by atoms with van der Waals surface area (Å²) in [6.07, 6.45) is 4.51. The fourth-order valence-corrected chi connectivity index (χ4v) is 2.78. The van der Waals surface area contributed by atoms with E-state index in [0.29, 0.717) is 6.04 Å². The van der Waals surface area contributed by atoms with Crippen LogP contribution in [0, 0.1) is 0 Å². The molecule has 1 aromatic carbocycles. The summed E-state index contributed by atoms with van der Waals surface area (Å²) in [5.41, 5.74) is 2.27. The molecule has 0 amide bonds. The van der Waals surface area contributed by atoms with Crippen LogP contribution in [-0.4, -0.2) is 40.9 Å². The van der Waals surface area contributed by atoms with Crippen LogP contribution in [-0.2, 0) is 6.54 Å². The van der Waals surface area contributed by atoms with Crippen molar-refractivity contribution in [1.82, 2.24) is 20.0 Å². The van der Waals surface area contributed by atoms with Crippen LogP contribution in [0.4, 0.5) is 0 Å². The Labute approximate surface area is 120 Å². The van der Waals surface area contributed by atoms with Gasteiger partial charge in [-0.25, -0.2) is 4.68 Å². The molecule has 0 spiro atoms. The lowest BCUT2D eigenvalue weighted by atomic mass is 10.1. The minimum absolute atomic E-state index is 0.688. The van der Waals surface area contributed by atoms with E-state index < -0.39 is 0 Å². The van der Waals surface area contributed by atoms with E-state index in [-0.39, 0.29) is 0 Å². The second kappa shape index (κ2) is 6.20. The maximum absolute atomic E-state index is 4.67. The smallest absolute Gasteiger partial charge is 0.0769 e. The maximum Gasteiger partial charge on any atom is 0.0769 e. The predicted octanol–water partition coefficient (Wildman–Crippen LogP) is 2.06. The van der Waals surface area contributed by atoms with Crippen LogP contribution in [0.25, 0.3) is 5.69 Å². The average Bonchev–Trinajstić information content (AvgIpc) is 2.97. The molecule has 1 aromatic heterocycles. The molecule has 1 N–H and O–H groups in total. The van der Waals surface area contributed by atoms with Gasteiger partial charge in [0.15, 0.2) is 0 Å². The van der Waals surface area contributed by atoms with Crippen LogP contribution in [0.5, 0.6) is 0 Å². The van der Waals surface area contributed by atoms with Crippen molar-refractivity contribution in [3.63, 3.8) is 0 Å². The largest absolute Gasteiger partial charge is 0.317 e. The Morgan fingerprint density at radius 3 is 2.60 bits per heavy atom. The van der Waals surface area contributed by atoms with E-state index in [4.69, 9.17) is 0 Å². The van der Waals surface area contributed by atoms with Gasteiger partial charge in [-0.15, -0.1) is 0 Å². The van der Waals surface area contributed by atoms with Crippen LogP contribution in [0.15, 0.2) is 42.6 Å². The Balaban J connectivity index is 1.61. The van der Waals surface area contributed by atoms with Gasteiger partial charge in [-0.3, -0.25) is 4.90 Å². The topological polar surface area (TPSA) is 33.1 Å². The van der Waals surface area contributed by atoms with Crippen molar-refractivity contribution in [2.45, 2.75) is 25.4 Å². The highest BCUT2D eigenvalue weighted by molar-refractivity contribution is 5.30. The SMILES string of the molecule is CNC1CCN(Cc2ccn(-c3ccccc3)n2)CC1. The summed E-state index contributed by atoms with van der Waals surface area (Å²) in [4.78, 5) is 2.49. The number of para-hydroxylation sites is 1. The molecule has 3 rings (SSSR count). The molecule has 106 valence electrons. The number of hydrogen-bond acceptors (Lipinski definition) is 3. The molecular weight excluding hydrogens is 248 g/mol. The molecule has 2 aromatic rings. The van der Waals surface area contributed by atoms with E-state index in [1.807, 2.05) is 29.1 Å². The lowest BCUT2D eigenvalue weighted by molar-refractivity contribution is 0.192. The van der Waals surface area contributed by atoms with Crippen LogP contribution in [0.2, 0.25) is 0 Å². The Kier molecular flexibility index (Phi) is 4.14. The molecule has 4 heteroatoms. The van der Waals surface area contributed by atoms with Gasteiger partial charge in [0.25, 0.3) is 0 Å². The van der Waals surface area contributed by atoms with E-state index >= 15 is 0 Å². The summed E-state index contributed by atoms with van der Waals surface area (Å²) in [7, 11) is 2.06. The van der Waals surface area contributed by atoms with Gasteiger partial charge in [0.05, 0.1) is 11.4 Å². The van der Waals surface area contributed by atoms with E-state index in [2.05, 4.69) is 40.6 Å². The lowest BCUT2D eigenvalue weighted by Crippen LogP contribution is -2.40. The van der Waals surface area contributed by atoms with Crippen molar-refractivity contribution in [1.29, 1.82) is 0 Å². The maximum atomic E-state index is 4.67. The predicted molar refractivity (Wildman–Crippen MR) is 80.9 cm³/mol. The first-order valence-corrected chi connectivity index (χ1v) is 7.35. The average molecular weight is 270 g/mol. The highest BCUT2D eigenvalue weighted by atomic mass is 15.3. The first-order chi connectivity index (χ1) is 9.85. The molecule has 20 heavy (non-hydrogen) atoms. The zero-order valence-electron chi connectivity index (χ0n) is 12.0. The molecule has 4 nitrogen and oxygen atoms in total. The quantitative estimate of drug-likeness (QED) is 0.923. The van der Waals surface area contributed by atoms with Gasteiger partial charge >= 0.3 is 0 Å². The third kappa shape index (κ3) is 3.08. The fraction of sp³-hybridized carbons (Fsp3) is 0.438. The standard InChI is InChI=1S/C16H22N4/c1-17-14-7-10-19(11-8-14)13-15-9-12-20(18-15)16-5-3-2-4-6-16/h2-6,9,12,14,17H,7-8,10-11,13H2,1H3. The van der Waals surface area contributed by atoms with E-state index in [1.165, 1.54) is 12.8 Å². The molecule has 0 radical (unpaired) electrons. The third-order valence-corrected chi connectivity index (χ3v) is 4.05. The van der Waals surface area contributed by atoms with Gasteiger partial charge in [-0.05, 0) is 38.1 Å². The van der Waals surface area contributed by atoms with Crippen LogP contribution in [0.3, 0.4) is 0 Å². The molecule has 0 unspecified atom stereocenters. The first-order valence-electron chi connectivity index (χ1n) is 7.35. The third-order valence-electron chi connectivity index (χ3n) is 4.05. The first kappa shape index (κ1) is 13.3. The molecule has 0 aliphatic carbocycles. The Morgan fingerprint density at radius 1 is 1.15 bits per heavy atom. The monoisotopic (exact) mass is 270 g/mol. The summed E-state index contributed by atoms with van der Waals surface area (Å²) in [5.74, 6) is 0. The number of likely N-dealkylation sites (tertiary alicyclic amines) is 1. The minimum atomic E-state index is 0.688. The van der Waals surface area contributed by atoms with Gasteiger partial charge < -0.3 is 5.32 Å². The zero-order chi connectivity index (χ0) is 13.8. The van der Waals surface area contributed by atoms with Crippen LogP contribution < -0.4 is 5.32 Å². The van der Waals surface area contributed by atoms with Gasteiger partial charge in [0.2, 0.25) is 0 Å². The fourth-order valence-electron chi connectivity index (χ4n) is 2.78. The number of rotatable bonds is 4. The second-order valence-corrected chi connectivity index (χ2v) is 5.43. The molecule has 0 saturated carbocycles. The number of aromatic nitrogens is 2. The van der Waals surface area contributed by atoms with E-state index in [0.717, 1.165) is 31.0 Å². The van der Waals surface area contributed by atoms with Crippen LogP contribution in [0.1, 0.15) is 18.5 Å². The molecule has 1 aliphatic rings.